The molecule has 2 aromatic carbocycles. The second-order valence-corrected chi connectivity index (χ2v) is 6.64. The van der Waals surface area contributed by atoms with Crippen LogP contribution in [0.25, 0.3) is 0 Å². The Morgan fingerprint density at radius 2 is 1.88 bits per heavy atom. The molecule has 24 heavy (non-hydrogen) atoms. The minimum atomic E-state index is -0.0850. The van der Waals surface area contributed by atoms with Crippen molar-refractivity contribution < 1.29 is 4.79 Å². The van der Waals surface area contributed by atoms with Gasteiger partial charge >= 0.3 is 0 Å². The van der Waals surface area contributed by atoms with E-state index >= 15 is 0 Å². The smallest absolute Gasteiger partial charge is 0.229 e. The molecule has 1 heterocycles. The van der Waals surface area contributed by atoms with Crippen molar-refractivity contribution in [2.45, 2.75) is 13.0 Å². The zero-order valence-corrected chi connectivity index (χ0v) is 15.1. The van der Waals surface area contributed by atoms with E-state index in [-0.39, 0.29) is 5.91 Å². The number of nitrogens with one attached hydrogen (secondary N) is 1. The molecule has 0 atom stereocenters. The van der Waals surface area contributed by atoms with Crippen molar-refractivity contribution in [1.82, 2.24) is 9.78 Å². The molecule has 0 radical (unpaired) electrons. The minimum Gasteiger partial charge on any atom is -0.311 e. The average molecular weight is 405 g/mol. The molecule has 0 aliphatic heterocycles. The molecule has 1 amide bonds. The maximum atomic E-state index is 12.2. The summed E-state index contributed by atoms with van der Waals surface area (Å²) >= 11 is 9.57. The maximum Gasteiger partial charge on any atom is 0.229 e. The van der Waals surface area contributed by atoms with E-state index < -0.39 is 0 Å². The van der Waals surface area contributed by atoms with E-state index in [1.807, 2.05) is 48.5 Å². The highest BCUT2D eigenvalue weighted by molar-refractivity contribution is 9.10. The summed E-state index contributed by atoms with van der Waals surface area (Å²) in [6.45, 7) is 0.501. The normalized spacial score (nSPS) is 10.6. The fourth-order valence-electron chi connectivity index (χ4n) is 2.33. The van der Waals surface area contributed by atoms with Crippen LogP contribution in [-0.2, 0) is 17.8 Å². The van der Waals surface area contributed by atoms with Crippen LogP contribution in [0.3, 0.4) is 0 Å². The van der Waals surface area contributed by atoms with E-state index in [0.29, 0.717) is 23.8 Å². The van der Waals surface area contributed by atoms with Crippen molar-refractivity contribution in [3.05, 3.63) is 81.4 Å². The van der Waals surface area contributed by atoms with Crippen molar-refractivity contribution in [1.29, 1.82) is 0 Å². The highest BCUT2D eigenvalue weighted by Crippen LogP contribution is 2.18. The summed E-state index contributed by atoms with van der Waals surface area (Å²) in [6, 6.07) is 17.1. The first-order chi connectivity index (χ1) is 11.6. The highest BCUT2D eigenvalue weighted by atomic mass is 79.9. The Bertz CT molecular complexity index is 845. The van der Waals surface area contributed by atoms with Crippen molar-refractivity contribution in [3.8, 4) is 0 Å². The lowest BCUT2D eigenvalue weighted by Crippen LogP contribution is -2.18. The summed E-state index contributed by atoms with van der Waals surface area (Å²) in [5.41, 5.74) is 1.90. The molecule has 0 unspecified atom stereocenters. The van der Waals surface area contributed by atoms with Crippen LogP contribution in [-0.4, -0.2) is 15.7 Å². The second-order valence-electron chi connectivity index (χ2n) is 5.32. The van der Waals surface area contributed by atoms with Gasteiger partial charge in [-0.1, -0.05) is 57.9 Å². The fourth-order valence-corrected chi connectivity index (χ4v) is 2.79. The summed E-state index contributed by atoms with van der Waals surface area (Å²) in [4.78, 5) is 12.2. The van der Waals surface area contributed by atoms with Gasteiger partial charge in [0.1, 0.15) is 5.82 Å². The average Bonchev–Trinajstić information content (AvgIpc) is 2.99. The quantitative estimate of drug-likeness (QED) is 0.679. The van der Waals surface area contributed by atoms with E-state index in [2.05, 4.69) is 26.3 Å². The third kappa shape index (κ3) is 4.24. The van der Waals surface area contributed by atoms with E-state index in [9.17, 15) is 4.79 Å². The lowest BCUT2D eigenvalue weighted by Gasteiger charge is -2.10. The van der Waals surface area contributed by atoms with Gasteiger partial charge in [-0.05, 0) is 29.3 Å². The van der Waals surface area contributed by atoms with E-state index in [4.69, 9.17) is 11.6 Å². The maximum absolute atomic E-state index is 12.2. The number of rotatable bonds is 5. The Kier molecular flexibility index (Phi) is 5.33. The molecule has 1 aromatic heterocycles. The van der Waals surface area contributed by atoms with Gasteiger partial charge in [-0.15, -0.1) is 0 Å². The molecule has 6 heteroatoms. The molecule has 0 saturated carbocycles. The molecule has 0 fully saturated rings. The van der Waals surface area contributed by atoms with Crippen molar-refractivity contribution >= 4 is 39.3 Å². The SMILES string of the molecule is O=C(Cc1ccc(Br)cc1)Nc1ccnn1Cc1ccccc1Cl. The third-order valence-corrected chi connectivity index (χ3v) is 4.44. The molecule has 0 saturated heterocycles. The van der Waals surface area contributed by atoms with Gasteiger partial charge in [0, 0.05) is 15.6 Å². The van der Waals surface area contributed by atoms with Gasteiger partial charge < -0.3 is 5.32 Å². The molecular weight excluding hydrogens is 390 g/mol. The van der Waals surface area contributed by atoms with Crippen LogP contribution in [0.4, 0.5) is 5.82 Å². The molecule has 4 nitrogen and oxygen atoms in total. The molecular formula is C18H15BrClN3O. The Labute approximate surface area is 153 Å². The van der Waals surface area contributed by atoms with Crippen molar-refractivity contribution in [2.24, 2.45) is 0 Å². The minimum absolute atomic E-state index is 0.0850. The number of hydrogen-bond acceptors (Lipinski definition) is 2. The molecule has 3 rings (SSSR count). The predicted octanol–water partition coefficient (Wildman–Crippen LogP) is 4.53. The Morgan fingerprint density at radius 1 is 1.12 bits per heavy atom. The van der Waals surface area contributed by atoms with Crippen LogP contribution >= 0.6 is 27.5 Å². The number of carbonyl (C=O) groups is 1. The predicted molar refractivity (Wildman–Crippen MR) is 99.3 cm³/mol. The number of benzene rings is 2. The number of nitrogens with zero attached hydrogens (tertiary/aromatic N) is 2. The zero-order valence-electron chi connectivity index (χ0n) is 12.7. The number of aromatic nitrogens is 2. The first kappa shape index (κ1) is 16.7. The molecule has 0 bridgehead atoms. The van der Waals surface area contributed by atoms with Crippen LogP contribution in [0, 0.1) is 0 Å². The van der Waals surface area contributed by atoms with Gasteiger partial charge in [0.2, 0.25) is 5.91 Å². The fraction of sp³-hybridized carbons (Fsp3) is 0.111. The van der Waals surface area contributed by atoms with Gasteiger partial charge in [-0.2, -0.15) is 5.10 Å². The van der Waals surface area contributed by atoms with Crippen LogP contribution in [0.5, 0.6) is 0 Å². The number of halogens is 2. The first-order valence-electron chi connectivity index (χ1n) is 7.41. The number of anilines is 1. The number of amides is 1. The van der Waals surface area contributed by atoms with Gasteiger partial charge in [-0.3, -0.25) is 4.79 Å². The highest BCUT2D eigenvalue weighted by Gasteiger charge is 2.10. The van der Waals surface area contributed by atoms with Crippen molar-refractivity contribution in [3.63, 3.8) is 0 Å². The summed E-state index contributed by atoms with van der Waals surface area (Å²) in [7, 11) is 0. The summed E-state index contributed by atoms with van der Waals surface area (Å²) in [6.07, 6.45) is 1.97. The molecule has 0 aliphatic rings. The standard InChI is InChI=1S/C18H15BrClN3O/c19-15-7-5-13(6-8-15)11-18(24)22-17-9-10-21-23(17)12-14-3-1-2-4-16(14)20/h1-10H,11-12H2,(H,22,24). The van der Waals surface area contributed by atoms with E-state index in [1.54, 1.807) is 16.9 Å². The third-order valence-electron chi connectivity index (χ3n) is 3.54. The Hall–Kier alpha value is -2.11. The number of carbonyl (C=O) groups excluding carboxylic acids is 1. The van der Waals surface area contributed by atoms with Crippen LogP contribution in [0.2, 0.25) is 5.02 Å². The monoisotopic (exact) mass is 403 g/mol. The molecule has 3 aromatic rings. The van der Waals surface area contributed by atoms with E-state index in [0.717, 1.165) is 15.6 Å². The zero-order chi connectivity index (χ0) is 16.9. The molecule has 1 N–H and O–H groups in total. The Morgan fingerprint density at radius 3 is 2.62 bits per heavy atom. The molecule has 0 spiro atoms. The summed E-state index contributed by atoms with van der Waals surface area (Å²) in [5.74, 6) is 0.565. The topological polar surface area (TPSA) is 46.9 Å². The van der Waals surface area contributed by atoms with Crippen LogP contribution < -0.4 is 5.32 Å². The Balaban J connectivity index is 1.68. The summed E-state index contributed by atoms with van der Waals surface area (Å²) < 4.78 is 2.71. The largest absolute Gasteiger partial charge is 0.311 e. The van der Waals surface area contributed by atoms with Gasteiger partial charge in [0.05, 0.1) is 19.2 Å². The number of hydrogen-bond donors (Lipinski definition) is 1. The first-order valence-corrected chi connectivity index (χ1v) is 8.58. The van der Waals surface area contributed by atoms with Crippen LogP contribution in [0.15, 0.2) is 65.3 Å². The lowest BCUT2D eigenvalue weighted by atomic mass is 10.1. The van der Waals surface area contributed by atoms with Gasteiger partial charge in [-0.25, -0.2) is 4.68 Å². The van der Waals surface area contributed by atoms with Gasteiger partial charge in [0.25, 0.3) is 0 Å². The van der Waals surface area contributed by atoms with Crippen molar-refractivity contribution in [2.75, 3.05) is 5.32 Å². The molecule has 0 aliphatic carbocycles. The van der Waals surface area contributed by atoms with Gasteiger partial charge in [0.15, 0.2) is 0 Å². The second kappa shape index (κ2) is 7.64. The van der Waals surface area contributed by atoms with E-state index in [1.165, 1.54) is 0 Å². The van der Waals surface area contributed by atoms with Crippen LogP contribution in [0.1, 0.15) is 11.1 Å². The molecule has 122 valence electrons. The lowest BCUT2D eigenvalue weighted by molar-refractivity contribution is -0.115. The summed E-state index contributed by atoms with van der Waals surface area (Å²) in [5, 5.41) is 7.84.